The standard InChI is InChI=1S/C38H54O2Si2/c1-25(2)41(26(3)4,27(5)6)21-19-31-15-17-33-35(23-31)36-24-32(16-18-34(36)38(40-14)37(33)39-13)20-22-42(28(7)8,29(9)10)30(11)12/h15-18,23-30H,1-14H3. The largest absolute Gasteiger partial charge is 0.492 e. The Bertz CT molecular complexity index is 1380. The monoisotopic (exact) mass is 598 g/mol. The Hall–Kier alpha value is -2.67. The van der Waals surface area contributed by atoms with Crippen LogP contribution in [-0.2, 0) is 0 Å². The van der Waals surface area contributed by atoms with Gasteiger partial charge in [0.1, 0.15) is 16.1 Å². The minimum Gasteiger partial charge on any atom is -0.492 e. The third kappa shape index (κ3) is 5.91. The summed E-state index contributed by atoms with van der Waals surface area (Å²) in [4.78, 5) is 0. The van der Waals surface area contributed by atoms with Crippen molar-refractivity contribution in [3.05, 3.63) is 47.5 Å². The lowest BCUT2D eigenvalue weighted by atomic mass is 9.96. The number of rotatable bonds is 8. The molecule has 4 heteroatoms. The first-order valence-electron chi connectivity index (χ1n) is 15.9. The molecule has 3 aromatic rings. The van der Waals surface area contributed by atoms with Crippen molar-refractivity contribution in [1.82, 2.24) is 0 Å². The summed E-state index contributed by atoms with van der Waals surface area (Å²) < 4.78 is 11.9. The van der Waals surface area contributed by atoms with E-state index in [0.717, 1.165) is 44.2 Å². The fourth-order valence-electron chi connectivity index (χ4n) is 7.96. The van der Waals surface area contributed by atoms with Crippen molar-refractivity contribution in [2.75, 3.05) is 14.2 Å². The Kier molecular flexibility index (Phi) is 10.7. The molecule has 0 atom stereocenters. The van der Waals surface area contributed by atoms with Crippen molar-refractivity contribution in [1.29, 1.82) is 0 Å². The van der Waals surface area contributed by atoms with Crippen molar-refractivity contribution in [2.24, 2.45) is 0 Å². The highest BCUT2D eigenvalue weighted by Gasteiger charge is 2.42. The third-order valence-electron chi connectivity index (χ3n) is 10.0. The molecule has 0 aliphatic carbocycles. The minimum absolute atomic E-state index is 0.593. The van der Waals surface area contributed by atoms with Crippen LogP contribution in [0.4, 0.5) is 0 Å². The lowest BCUT2D eigenvalue weighted by Crippen LogP contribution is -2.43. The number of methoxy groups -OCH3 is 2. The summed E-state index contributed by atoms with van der Waals surface area (Å²) in [6.07, 6.45) is 0. The molecule has 226 valence electrons. The first-order chi connectivity index (χ1) is 19.7. The first-order valence-corrected chi connectivity index (χ1v) is 20.3. The molecule has 0 unspecified atom stereocenters. The molecule has 0 heterocycles. The molecule has 0 spiro atoms. The summed E-state index contributed by atoms with van der Waals surface area (Å²) in [5, 5.41) is 4.33. The quantitative estimate of drug-likeness (QED) is 0.146. The normalized spacial score (nSPS) is 12.5. The van der Waals surface area contributed by atoms with E-state index in [4.69, 9.17) is 9.47 Å². The highest BCUT2D eigenvalue weighted by atomic mass is 28.3. The molecule has 0 aliphatic rings. The van der Waals surface area contributed by atoms with Gasteiger partial charge in [0.2, 0.25) is 0 Å². The van der Waals surface area contributed by atoms with Crippen LogP contribution in [0, 0.1) is 22.9 Å². The Morgan fingerprint density at radius 3 is 0.976 bits per heavy atom. The van der Waals surface area contributed by atoms with Gasteiger partial charge in [-0.3, -0.25) is 0 Å². The topological polar surface area (TPSA) is 18.5 Å². The smallest absolute Gasteiger partial charge is 0.169 e. The van der Waals surface area contributed by atoms with E-state index >= 15 is 0 Å². The second-order valence-electron chi connectivity index (χ2n) is 13.9. The van der Waals surface area contributed by atoms with Crippen molar-refractivity contribution < 1.29 is 9.47 Å². The number of hydrogen-bond acceptors (Lipinski definition) is 2. The molecule has 0 radical (unpaired) electrons. The third-order valence-corrected chi connectivity index (χ3v) is 22.6. The van der Waals surface area contributed by atoms with Gasteiger partial charge < -0.3 is 9.47 Å². The van der Waals surface area contributed by atoms with E-state index in [2.05, 4.69) is 142 Å². The van der Waals surface area contributed by atoms with Crippen molar-refractivity contribution >= 4 is 37.7 Å². The van der Waals surface area contributed by atoms with Gasteiger partial charge in [-0.1, -0.05) is 94.9 Å². The second kappa shape index (κ2) is 13.3. The number of fused-ring (bicyclic) bond motifs is 3. The lowest BCUT2D eigenvalue weighted by Gasteiger charge is -2.38. The fourth-order valence-corrected chi connectivity index (χ4v) is 18.4. The first kappa shape index (κ1) is 33.8. The van der Waals surface area contributed by atoms with E-state index < -0.39 is 16.1 Å². The summed E-state index contributed by atoms with van der Waals surface area (Å²) in [5.74, 6) is 8.86. The Labute approximate surface area is 259 Å². The van der Waals surface area contributed by atoms with Gasteiger partial charge in [0, 0.05) is 21.9 Å². The molecule has 0 N–H and O–H groups in total. The Morgan fingerprint density at radius 2 is 0.738 bits per heavy atom. The molecule has 0 fully saturated rings. The maximum absolute atomic E-state index is 5.93. The SMILES string of the molecule is COc1c(OC)c2ccc(C#C[Si](C(C)C)(C(C)C)C(C)C)cc2c2cc(C#C[Si](C(C)C)(C(C)C)C(C)C)ccc12. The van der Waals surface area contributed by atoms with Gasteiger partial charge in [-0.15, -0.1) is 11.1 Å². The number of ether oxygens (including phenoxy) is 2. The van der Waals surface area contributed by atoms with Crippen LogP contribution in [0.15, 0.2) is 36.4 Å². The Morgan fingerprint density at radius 1 is 0.452 bits per heavy atom. The van der Waals surface area contributed by atoms with Crippen LogP contribution in [0.2, 0.25) is 33.2 Å². The predicted octanol–water partition coefficient (Wildman–Crippen LogP) is 11.1. The zero-order chi connectivity index (χ0) is 31.6. The molecule has 0 saturated heterocycles. The zero-order valence-electron chi connectivity index (χ0n) is 28.7. The maximum atomic E-state index is 5.93. The van der Waals surface area contributed by atoms with E-state index in [0.29, 0.717) is 33.2 Å². The average Bonchev–Trinajstić information content (AvgIpc) is 2.91. The van der Waals surface area contributed by atoms with Gasteiger partial charge in [0.25, 0.3) is 0 Å². The lowest BCUT2D eigenvalue weighted by molar-refractivity contribution is 0.362. The second-order valence-corrected chi connectivity index (χ2v) is 25.0. The highest BCUT2D eigenvalue weighted by molar-refractivity contribution is 6.91. The van der Waals surface area contributed by atoms with Crippen LogP contribution in [0.25, 0.3) is 21.5 Å². The van der Waals surface area contributed by atoms with Gasteiger partial charge in [-0.2, -0.15) is 0 Å². The molecule has 3 aromatic carbocycles. The van der Waals surface area contributed by atoms with E-state index in [9.17, 15) is 0 Å². The van der Waals surface area contributed by atoms with Crippen LogP contribution in [-0.4, -0.2) is 30.4 Å². The summed E-state index contributed by atoms with van der Waals surface area (Å²) in [6.45, 7) is 28.4. The molecule has 0 saturated carbocycles. The average molecular weight is 599 g/mol. The molecule has 42 heavy (non-hydrogen) atoms. The highest BCUT2D eigenvalue weighted by Crippen LogP contribution is 2.45. The van der Waals surface area contributed by atoms with E-state index in [1.165, 1.54) is 0 Å². The van der Waals surface area contributed by atoms with Crippen LogP contribution < -0.4 is 9.47 Å². The maximum Gasteiger partial charge on any atom is 0.169 e. The van der Waals surface area contributed by atoms with Crippen molar-refractivity contribution in [2.45, 2.75) is 116 Å². The molecule has 2 nitrogen and oxygen atoms in total. The summed E-state index contributed by atoms with van der Waals surface area (Å²) >= 11 is 0. The van der Waals surface area contributed by atoms with Gasteiger partial charge >= 0.3 is 0 Å². The van der Waals surface area contributed by atoms with E-state index in [1.54, 1.807) is 14.2 Å². The van der Waals surface area contributed by atoms with Gasteiger partial charge in [-0.25, -0.2) is 0 Å². The molecule has 0 aromatic heterocycles. The molecule has 3 rings (SSSR count). The number of benzene rings is 3. The van der Waals surface area contributed by atoms with Crippen molar-refractivity contribution in [3.8, 4) is 34.4 Å². The predicted molar refractivity (Wildman–Crippen MR) is 190 cm³/mol. The minimum atomic E-state index is -1.85. The van der Waals surface area contributed by atoms with Crippen molar-refractivity contribution in [3.63, 3.8) is 0 Å². The number of hydrogen-bond donors (Lipinski definition) is 0. The van der Waals surface area contributed by atoms with Crippen LogP contribution in [0.5, 0.6) is 11.5 Å². The fraction of sp³-hybridized carbons (Fsp3) is 0.526. The van der Waals surface area contributed by atoms with E-state index in [-0.39, 0.29) is 0 Å². The zero-order valence-corrected chi connectivity index (χ0v) is 30.7. The summed E-state index contributed by atoms with van der Waals surface area (Å²) in [6, 6.07) is 13.1. The van der Waals surface area contributed by atoms with Crippen LogP contribution in [0.3, 0.4) is 0 Å². The summed E-state index contributed by atoms with van der Waals surface area (Å²) in [7, 11) is -0.259. The molecular formula is C38H54O2Si2. The Balaban J connectivity index is 2.35. The van der Waals surface area contributed by atoms with Gasteiger partial charge in [0.05, 0.1) is 14.2 Å². The van der Waals surface area contributed by atoms with Gasteiger partial charge in [-0.05, 0) is 80.4 Å². The molecule has 0 bridgehead atoms. The summed E-state index contributed by atoms with van der Waals surface area (Å²) in [5.41, 5.74) is 13.5. The molecular weight excluding hydrogens is 545 g/mol. The molecule has 0 aliphatic heterocycles. The van der Waals surface area contributed by atoms with Gasteiger partial charge in [0.15, 0.2) is 11.5 Å². The molecule has 0 amide bonds. The van der Waals surface area contributed by atoms with E-state index in [1.807, 2.05) is 0 Å². The van der Waals surface area contributed by atoms with Crippen LogP contribution in [0.1, 0.15) is 94.2 Å². The van der Waals surface area contributed by atoms with Crippen LogP contribution >= 0.6 is 0 Å².